The number of amides is 2. The summed E-state index contributed by atoms with van der Waals surface area (Å²) in [6, 6.07) is 0. The van der Waals surface area contributed by atoms with Crippen molar-refractivity contribution in [1.29, 1.82) is 0 Å². The highest BCUT2D eigenvalue weighted by Crippen LogP contribution is 2.05. The lowest BCUT2D eigenvalue weighted by atomic mass is 10.1. The molecule has 0 aliphatic heterocycles. The molecule has 4 nitrogen and oxygen atoms in total. The topological polar surface area (TPSA) is 63.4 Å². The average molecular weight is 228 g/mol. The first-order valence-electron chi connectivity index (χ1n) is 6.05. The Morgan fingerprint density at radius 2 is 1.75 bits per heavy atom. The van der Waals surface area contributed by atoms with Crippen molar-refractivity contribution in [2.45, 2.75) is 46.0 Å². The second-order valence-corrected chi connectivity index (χ2v) is 4.30. The summed E-state index contributed by atoms with van der Waals surface area (Å²) in [5.41, 5.74) is 5.08. The summed E-state index contributed by atoms with van der Waals surface area (Å²) < 4.78 is 0. The molecule has 2 N–H and O–H groups in total. The van der Waals surface area contributed by atoms with Gasteiger partial charge in [0.2, 0.25) is 11.8 Å². The van der Waals surface area contributed by atoms with Gasteiger partial charge in [-0.05, 0) is 13.3 Å². The van der Waals surface area contributed by atoms with Crippen LogP contribution in [0.3, 0.4) is 0 Å². The van der Waals surface area contributed by atoms with Crippen LogP contribution in [0.1, 0.15) is 46.0 Å². The van der Waals surface area contributed by atoms with E-state index in [0.717, 1.165) is 12.8 Å². The van der Waals surface area contributed by atoms with E-state index in [1.54, 1.807) is 18.9 Å². The van der Waals surface area contributed by atoms with Crippen LogP contribution < -0.4 is 5.73 Å². The molecule has 0 aliphatic carbocycles. The monoisotopic (exact) mass is 228 g/mol. The van der Waals surface area contributed by atoms with Gasteiger partial charge in [0.1, 0.15) is 5.92 Å². The zero-order valence-corrected chi connectivity index (χ0v) is 10.7. The Hall–Kier alpha value is -1.06. The molecule has 0 saturated carbocycles. The lowest BCUT2D eigenvalue weighted by Gasteiger charge is -2.19. The Morgan fingerprint density at radius 3 is 2.25 bits per heavy atom. The van der Waals surface area contributed by atoms with E-state index in [4.69, 9.17) is 5.73 Å². The minimum absolute atomic E-state index is 0.178. The number of carbonyl (C=O) groups is 2. The number of hydrogen-bond donors (Lipinski definition) is 1. The van der Waals surface area contributed by atoms with Crippen molar-refractivity contribution in [3.63, 3.8) is 0 Å². The van der Waals surface area contributed by atoms with Crippen LogP contribution in [0.25, 0.3) is 0 Å². The fourth-order valence-corrected chi connectivity index (χ4v) is 1.51. The van der Waals surface area contributed by atoms with Crippen LogP contribution in [0.5, 0.6) is 0 Å². The molecule has 0 saturated heterocycles. The summed E-state index contributed by atoms with van der Waals surface area (Å²) in [6.07, 6.45) is 5.80. The third-order valence-corrected chi connectivity index (χ3v) is 2.77. The summed E-state index contributed by atoms with van der Waals surface area (Å²) in [7, 11) is 1.72. The van der Waals surface area contributed by atoms with Crippen molar-refractivity contribution < 1.29 is 9.59 Å². The number of nitrogens with zero attached hydrogens (tertiary/aromatic N) is 1. The minimum Gasteiger partial charge on any atom is -0.369 e. The molecule has 0 heterocycles. The van der Waals surface area contributed by atoms with E-state index in [9.17, 15) is 9.59 Å². The number of rotatable bonds is 8. The number of nitrogens with two attached hydrogens (primary N) is 1. The van der Waals surface area contributed by atoms with Gasteiger partial charge >= 0.3 is 0 Å². The molecule has 1 atom stereocenters. The highest BCUT2D eigenvalue weighted by Gasteiger charge is 2.21. The molecule has 2 amide bonds. The second kappa shape index (κ2) is 8.13. The second-order valence-electron chi connectivity index (χ2n) is 4.30. The smallest absolute Gasteiger partial charge is 0.234 e. The molecule has 0 fully saturated rings. The molecule has 0 rings (SSSR count). The average Bonchev–Trinajstić information content (AvgIpc) is 2.26. The molecule has 0 aliphatic rings. The number of carbonyl (C=O) groups excluding carboxylic acids is 2. The Morgan fingerprint density at radius 1 is 1.19 bits per heavy atom. The quantitative estimate of drug-likeness (QED) is 0.506. The third kappa shape index (κ3) is 5.73. The normalized spacial score (nSPS) is 12.2. The Kier molecular flexibility index (Phi) is 7.60. The van der Waals surface area contributed by atoms with Gasteiger partial charge in [0, 0.05) is 13.6 Å². The van der Waals surface area contributed by atoms with Gasteiger partial charge in [-0.3, -0.25) is 9.59 Å². The first kappa shape index (κ1) is 14.9. The third-order valence-electron chi connectivity index (χ3n) is 2.77. The Balaban J connectivity index is 3.75. The molecular formula is C12H24N2O2. The molecule has 0 spiro atoms. The van der Waals surface area contributed by atoms with Gasteiger partial charge in [-0.15, -0.1) is 0 Å². The molecule has 0 aromatic heterocycles. The summed E-state index contributed by atoms with van der Waals surface area (Å²) in [5, 5.41) is 0. The molecular weight excluding hydrogens is 204 g/mol. The summed E-state index contributed by atoms with van der Waals surface area (Å²) >= 11 is 0. The van der Waals surface area contributed by atoms with Crippen LogP contribution in [0.15, 0.2) is 0 Å². The van der Waals surface area contributed by atoms with Gasteiger partial charge in [0.05, 0.1) is 0 Å². The first-order valence-corrected chi connectivity index (χ1v) is 6.05. The largest absolute Gasteiger partial charge is 0.369 e. The molecule has 0 aromatic rings. The predicted octanol–water partition coefficient (Wildman–Crippen LogP) is 1.54. The van der Waals surface area contributed by atoms with Crippen molar-refractivity contribution in [3.8, 4) is 0 Å². The Bertz CT molecular complexity index is 229. The van der Waals surface area contributed by atoms with E-state index in [-0.39, 0.29) is 5.91 Å². The first-order chi connectivity index (χ1) is 7.50. The van der Waals surface area contributed by atoms with Crippen LogP contribution in [-0.2, 0) is 9.59 Å². The molecule has 94 valence electrons. The lowest BCUT2D eigenvalue weighted by molar-refractivity contribution is -0.139. The maximum absolute atomic E-state index is 11.6. The number of unbranched alkanes of at least 4 members (excludes halogenated alkanes) is 4. The molecule has 0 bridgehead atoms. The molecule has 16 heavy (non-hydrogen) atoms. The van der Waals surface area contributed by atoms with E-state index in [1.807, 2.05) is 0 Å². The van der Waals surface area contributed by atoms with E-state index in [0.29, 0.717) is 6.54 Å². The minimum atomic E-state index is -0.708. The highest BCUT2D eigenvalue weighted by molar-refractivity contribution is 5.98. The zero-order valence-electron chi connectivity index (χ0n) is 10.7. The number of primary amides is 1. The van der Waals surface area contributed by atoms with Gasteiger partial charge in [-0.1, -0.05) is 32.6 Å². The predicted molar refractivity (Wildman–Crippen MR) is 64.8 cm³/mol. The van der Waals surface area contributed by atoms with Crippen LogP contribution in [0, 0.1) is 5.92 Å². The molecule has 4 heteroatoms. The van der Waals surface area contributed by atoms with Crippen LogP contribution in [0.4, 0.5) is 0 Å². The molecule has 1 unspecified atom stereocenters. The molecule has 0 radical (unpaired) electrons. The maximum Gasteiger partial charge on any atom is 0.234 e. The Labute approximate surface area is 98.2 Å². The highest BCUT2D eigenvalue weighted by atomic mass is 16.2. The van der Waals surface area contributed by atoms with Crippen LogP contribution >= 0.6 is 0 Å². The van der Waals surface area contributed by atoms with Crippen molar-refractivity contribution in [3.05, 3.63) is 0 Å². The van der Waals surface area contributed by atoms with Gasteiger partial charge in [0.15, 0.2) is 0 Å². The maximum atomic E-state index is 11.6. The van der Waals surface area contributed by atoms with Gasteiger partial charge < -0.3 is 10.6 Å². The van der Waals surface area contributed by atoms with Crippen molar-refractivity contribution in [2.24, 2.45) is 11.7 Å². The van der Waals surface area contributed by atoms with Crippen LogP contribution in [-0.4, -0.2) is 30.3 Å². The van der Waals surface area contributed by atoms with E-state index in [2.05, 4.69) is 6.92 Å². The summed E-state index contributed by atoms with van der Waals surface area (Å²) in [6.45, 7) is 4.43. The van der Waals surface area contributed by atoms with Gasteiger partial charge in [0.25, 0.3) is 0 Å². The molecule has 0 aromatic carbocycles. The fourth-order valence-electron chi connectivity index (χ4n) is 1.51. The zero-order chi connectivity index (χ0) is 12.6. The van der Waals surface area contributed by atoms with Gasteiger partial charge in [-0.25, -0.2) is 0 Å². The van der Waals surface area contributed by atoms with Crippen molar-refractivity contribution in [2.75, 3.05) is 13.6 Å². The van der Waals surface area contributed by atoms with E-state index < -0.39 is 11.8 Å². The number of hydrogen-bond acceptors (Lipinski definition) is 2. The SMILES string of the molecule is CCCCCCCN(C)C(=O)C(C)C(N)=O. The van der Waals surface area contributed by atoms with Crippen LogP contribution in [0.2, 0.25) is 0 Å². The van der Waals surface area contributed by atoms with Crippen molar-refractivity contribution in [1.82, 2.24) is 4.90 Å². The standard InChI is InChI=1S/C12H24N2O2/c1-4-5-6-7-8-9-14(3)12(16)10(2)11(13)15/h10H,4-9H2,1-3H3,(H2,13,15). The van der Waals surface area contributed by atoms with E-state index in [1.165, 1.54) is 19.3 Å². The fraction of sp³-hybridized carbons (Fsp3) is 0.833. The van der Waals surface area contributed by atoms with Gasteiger partial charge in [-0.2, -0.15) is 0 Å². The lowest BCUT2D eigenvalue weighted by Crippen LogP contribution is -2.38. The van der Waals surface area contributed by atoms with E-state index >= 15 is 0 Å². The summed E-state index contributed by atoms with van der Waals surface area (Å²) in [4.78, 5) is 24.1. The van der Waals surface area contributed by atoms with Crippen molar-refractivity contribution >= 4 is 11.8 Å². The summed E-state index contributed by atoms with van der Waals surface area (Å²) in [5.74, 6) is -1.44.